The number of ether oxygens (including phenoxy) is 7. The van der Waals surface area contributed by atoms with E-state index in [0.29, 0.717) is 36.7 Å². The Bertz CT molecular complexity index is 4900. The molecule has 2 aromatic heterocycles. The molecule has 27 nitrogen and oxygen atoms in total. The van der Waals surface area contributed by atoms with Crippen molar-refractivity contribution in [1.82, 2.24) is 29.7 Å². The van der Waals surface area contributed by atoms with Crippen molar-refractivity contribution in [1.29, 1.82) is 0 Å². The van der Waals surface area contributed by atoms with Gasteiger partial charge in [-0.1, -0.05) is 151 Å². The normalized spacial score (nSPS) is 23.6. The maximum absolute atomic E-state index is 15.1. The highest BCUT2D eigenvalue weighted by Gasteiger charge is 2.66. The van der Waals surface area contributed by atoms with Crippen LogP contribution < -0.4 is 26.2 Å². The van der Waals surface area contributed by atoms with Crippen LogP contribution in [0.25, 0.3) is 22.1 Å². The molecular weight excluding hydrogens is 1680 g/mol. The Morgan fingerprint density at radius 2 is 0.930 bits per heavy atom. The molecular formula is C96H121F4N8O19P. The van der Waals surface area contributed by atoms with Gasteiger partial charge >= 0.3 is 36.1 Å². The summed E-state index contributed by atoms with van der Waals surface area (Å²) in [7, 11) is -0.446. The van der Waals surface area contributed by atoms with Gasteiger partial charge < -0.3 is 53.0 Å². The van der Waals surface area contributed by atoms with Gasteiger partial charge in [0.05, 0.1) is 108 Å². The number of rotatable bonds is 15. The van der Waals surface area contributed by atoms with Gasteiger partial charge in [0.25, 0.3) is 5.56 Å². The Morgan fingerprint density at radius 3 is 1.37 bits per heavy atom. The number of alkyl halides is 4. The fraction of sp³-hybridized carbons (Fsp3) is 0.542. The molecule has 2 N–H and O–H groups in total. The number of aliphatic hydroxyl groups is 1. The molecule has 0 radical (unpaired) electrons. The molecule has 0 bridgehead atoms. The van der Waals surface area contributed by atoms with Crippen molar-refractivity contribution >= 4 is 105 Å². The molecule has 6 heterocycles. The summed E-state index contributed by atoms with van der Waals surface area (Å²) < 4.78 is 96.5. The smallest absolute Gasteiger partial charge is 0.452 e. The standard InChI is InChI=1S/C35H45F2N3O7.C27H41F2NO7.C18H15P.C8H14N2O4.C8H6N2O/c1-5-45-32(44)34-17-23(34)18-35(36,37)14-10-6-7-11-22(15-30(42)47-33(2,3)4)31(43)40-21-24(16-27(40)28(41)19-34)46-29-20-38-25-12-8-9-13-26(25)39-29;1-5-36-24(35)26-13-18(26)14-27(28,29)10-8-6-7-9-17(11-22(33)37-25(2,3)4)23(34)30-16-19(31)12-20(30)21(32)15-26;1-4-10-16(11-5-1)19(17-12-6-2-7-13-17)18-14-8-3-9-15-18;1-5(2)13-7(11)9-10-8(12)14-6(3)4;11-8-5-9-6-3-1-2-4-7(6)10-8/h8-9,12-13,20,22-24,27H,5-7,10-11,14-19,21H2,1-4H3;17-20,31H,5-16H2,1-4H3;1-15H;5-6H,1-4H3;1-5H,(H,10,11)/t22-,23+,24-,27+,34-;17-,18+,19+,20+,26-;;;/m11.../s1. The number of esters is 4. The van der Waals surface area contributed by atoms with Crippen molar-refractivity contribution < 1.29 is 104 Å². The minimum Gasteiger partial charge on any atom is -0.471 e. The fourth-order valence-corrected chi connectivity index (χ4v) is 18.8. The molecule has 6 fully saturated rings. The zero-order chi connectivity index (χ0) is 93.3. The van der Waals surface area contributed by atoms with Gasteiger partial charge in [-0.2, -0.15) is 0 Å². The summed E-state index contributed by atoms with van der Waals surface area (Å²) in [5.74, 6) is -12.9. The maximum Gasteiger partial charge on any atom is 0.452 e. The average Bonchev–Trinajstić information content (AvgIpc) is 1.58. The number of halogens is 4. The number of aliphatic hydroxyl groups excluding tert-OH is 1. The molecule has 0 unspecified atom stereocenters. The minimum atomic E-state index is -3.01. The molecule has 2 saturated carbocycles. The SMILES string of the molecule is CC(C)OC(=O)N=NC(=O)OC(C)C.CCOC(=O)[C@]12CC(=O)[C@@H]3C[C@@H](Oc4cnc5ccccc5n4)CN3C(=O)[C@@H](CC(=O)OC(C)(C)C)CCCCCC(F)(F)C[C@@H]1C2.CCOC(=O)[C@]12CC(=O)[C@@H]3C[C@H](O)CN3C(=O)[C@@H](CC(=O)OC(C)(C)C)CCCCCC(F)(F)C[C@@H]1C2.O=c1cnc2ccccc2[nH]1.c1ccc(P(c2ccccc2)c2ccccc2)cc1. The molecule has 13 rings (SSSR count). The highest BCUT2D eigenvalue weighted by atomic mass is 31.1. The topological polar surface area (TPSA) is 358 Å². The first kappa shape index (κ1) is 101. The minimum absolute atomic E-state index is 0.00344. The third-order valence-electron chi connectivity index (χ3n) is 22.4. The van der Waals surface area contributed by atoms with E-state index in [1.807, 2.05) is 42.5 Å². The van der Waals surface area contributed by atoms with Gasteiger partial charge in [-0.25, -0.2) is 42.1 Å². The third kappa shape index (κ3) is 30.4. The summed E-state index contributed by atoms with van der Waals surface area (Å²) >= 11 is 0. The molecule has 4 aliphatic heterocycles. The summed E-state index contributed by atoms with van der Waals surface area (Å²) in [6.45, 7) is 20.4. The van der Waals surface area contributed by atoms with Crippen molar-refractivity contribution in [2.24, 2.45) is 44.7 Å². The highest BCUT2D eigenvalue weighted by Crippen LogP contribution is 2.62. The van der Waals surface area contributed by atoms with Crippen LogP contribution in [0.4, 0.5) is 27.2 Å². The Morgan fingerprint density at radius 1 is 0.523 bits per heavy atom. The molecule has 692 valence electrons. The molecule has 10 atom stereocenters. The van der Waals surface area contributed by atoms with E-state index >= 15 is 8.78 Å². The Balaban J connectivity index is 0.000000200. The van der Waals surface area contributed by atoms with E-state index in [-0.39, 0.29) is 140 Å². The van der Waals surface area contributed by atoms with Gasteiger partial charge in [-0.05, 0) is 182 Å². The number of ketones is 2. The summed E-state index contributed by atoms with van der Waals surface area (Å²) in [6, 6.07) is 45.1. The zero-order valence-corrected chi connectivity index (χ0v) is 76.0. The van der Waals surface area contributed by atoms with E-state index in [1.54, 1.807) is 89.2 Å². The predicted octanol–water partition coefficient (Wildman–Crippen LogP) is 16.6. The lowest BCUT2D eigenvalue weighted by Crippen LogP contribution is -2.45. The van der Waals surface area contributed by atoms with E-state index in [4.69, 9.17) is 23.7 Å². The lowest BCUT2D eigenvalue weighted by atomic mass is 9.90. The number of H-pyrrole nitrogens is 1. The molecule has 4 saturated heterocycles. The molecule has 5 aromatic carbocycles. The number of amides is 4. The van der Waals surface area contributed by atoms with Crippen LogP contribution >= 0.6 is 7.92 Å². The van der Waals surface area contributed by atoms with Crippen molar-refractivity contribution in [3.63, 3.8) is 0 Å². The van der Waals surface area contributed by atoms with E-state index in [9.17, 15) is 66.6 Å². The number of azo groups is 1. The number of hydrogen-bond donors (Lipinski definition) is 2. The number of para-hydroxylation sites is 4. The maximum atomic E-state index is 15.1. The zero-order valence-electron chi connectivity index (χ0n) is 75.1. The Labute approximate surface area is 745 Å². The first-order chi connectivity index (χ1) is 60.6. The molecule has 7 aromatic rings. The van der Waals surface area contributed by atoms with Crippen LogP contribution in [0.5, 0.6) is 5.88 Å². The highest BCUT2D eigenvalue weighted by molar-refractivity contribution is 7.79. The number of nitrogens with one attached hydrogen (secondary N) is 1. The van der Waals surface area contributed by atoms with Crippen molar-refractivity contribution in [3.05, 3.63) is 162 Å². The number of aromatic nitrogens is 4. The molecule has 32 heteroatoms. The van der Waals surface area contributed by atoms with E-state index < -0.39 is 162 Å². The van der Waals surface area contributed by atoms with Gasteiger partial charge in [0, 0.05) is 69.7 Å². The van der Waals surface area contributed by atoms with Crippen LogP contribution in [0.2, 0.25) is 0 Å². The number of nitrogens with zero attached hydrogens (tertiary/aromatic N) is 7. The van der Waals surface area contributed by atoms with Crippen LogP contribution in [-0.4, -0.2) is 180 Å². The number of benzene rings is 5. The van der Waals surface area contributed by atoms with Crippen LogP contribution in [-0.2, 0) is 66.8 Å². The summed E-state index contributed by atoms with van der Waals surface area (Å²) in [4.78, 5) is 158. The van der Waals surface area contributed by atoms with Gasteiger partial charge in [-0.15, -0.1) is 0 Å². The number of carbonyl (C=O) groups excluding carboxylic acids is 10. The van der Waals surface area contributed by atoms with Crippen molar-refractivity contribution in [2.45, 2.75) is 271 Å². The van der Waals surface area contributed by atoms with Crippen LogP contribution in [0.15, 0.2) is 167 Å². The molecule has 2 aliphatic carbocycles. The molecule has 128 heavy (non-hydrogen) atoms. The van der Waals surface area contributed by atoms with Crippen molar-refractivity contribution in [2.75, 3.05) is 26.3 Å². The first-order valence-corrected chi connectivity index (χ1v) is 45.4. The first-order valence-electron chi connectivity index (χ1n) is 44.1. The second-order valence-electron chi connectivity index (χ2n) is 35.9. The van der Waals surface area contributed by atoms with Crippen LogP contribution in [0.1, 0.15) is 212 Å². The molecule has 4 amide bonds. The fourth-order valence-electron chi connectivity index (χ4n) is 16.5. The van der Waals surface area contributed by atoms with Gasteiger partial charge in [0.15, 0.2) is 11.6 Å². The number of fused-ring (bicyclic) bond motifs is 6. The monoisotopic (exact) mass is 1800 g/mol. The third-order valence-corrected chi connectivity index (χ3v) is 24.9. The predicted molar refractivity (Wildman–Crippen MR) is 473 cm³/mol. The van der Waals surface area contributed by atoms with Gasteiger partial charge in [-0.3, -0.25) is 43.2 Å². The second-order valence-corrected chi connectivity index (χ2v) is 38.1. The van der Waals surface area contributed by atoms with Crippen molar-refractivity contribution in [3.8, 4) is 5.88 Å². The molecule has 6 aliphatic rings. The average molecular weight is 1800 g/mol. The number of aromatic amines is 1. The van der Waals surface area contributed by atoms with Gasteiger partial charge in [0.1, 0.15) is 17.3 Å². The largest absolute Gasteiger partial charge is 0.471 e. The quantitative estimate of drug-likeness (QED) is 0.0316. The van der Waals surface area contributed by atoms with Crippen LogP contribution in [0.3, 0.4) is 0 Å². The van der Waals surface area contributed by atoms with Gasteiger partial charge in [0.2, 0.25) is 29.5 Å². The summed E-state index contributed by atoms with van der Waals surface area (Å²) in [6.07, 6.45) is -0.716. The summed E-state index contributed by atoms with van der Waals surface area (Å²) in [5.41, 5.74) is -1.45. The van der Waals surface area contributed by atoms with Crippen LogP contribution in [0, 0.1) is 34.5 Å². The summed E-state index contributed by atoms with van der Waals surface area (Å²) in [5, 5.41) is 20.6. The lowest BCUT2D eigenvalue weighted by molar-refractivity contribution is -0.159. The Hall–Kier alpha value is -10.8. The van der Waals surface area contributed by atoms with E-state index in [0.717, 1.165) is 11.0 Å². The second kappa shape index (κ2) is 45.9. The van der Waals surface area contributed by atoms with E-state index in [2.05, 4.69) is 131 Å². The Kier molecular flexibility index (Phi) is 36.2. The van der Waals surface area contributed by atoms with E-state index in [1.165, 1.54) is 38.1 Å². The number of Topliss-reactive ketones (excluding diaryl/α,β-unsaturated/α-hetero) is 2. The number of hydrogen-bond acceptors (Lipinski definition) is 22. The lowest BCUT2D eigenvalue weighted by Gasteiger charge is -2.29. The molecule has 0 spiro atoms. The number of carbonyl (C=O) groups is 10.